The molecule has 0 unspecified atom stereocenters. The minimum atomic E-state index is -0.359. The van der Waals surface area contributed by atoms with Gasteiger partial charge in [-0.05, 0) is 11.8 Å². The average Bonchev–Trinajstić information content (AvgIpc) is 2.70. The summed E-state index contributed by atoms with van der Waals surface area (Å²) in [4.78, 5) is 39.6. The van der Waals surface area contributed by atoms with Crippen LogP contribution in [0.5, 0.6) is 0 Å². The van der Waals surface area contributed by atoms with Crippen LogP contribution in [0, 0.1) is 10.8 Å². The summed E-state index contributed by atoms with van der Waals surface area (Å²) in [5, 5.41) is 0. The Hall–Kier alpha value is -2.18. The van der Waals surface area contributed by atoms with E-state index in [1.165, 1.54) is 0 Å². The Morgan fingerprint density at radius 2 is 1.66 bits per heavy atom. The van der Waals surface area contributed by atoms with Crippen LogP contribution in [-0.4, -0.2) is 71.4 Å². The second kappa shape index (κ2) is 9.09. The van der Waals surface area contributed by atoms with Gasteiger partial charge in [0.2, 0.25) is 5.91 Å². The van der Waals surface area contributed by atoms with E-state index >= 15 is 0 Å². The molecule has 0 spiro atoms. The first-order valence-electron chi connectivity index (χ1n) is 10.6. The van der Waals surface area contributed by atoms with Gasteiger partial charge in [0, 0.05) is 45.2 Å². The lowest BCUT2D eigenvalue weighted by molar-refractivity contribution is -0.139. The van der Waals surface area contributed by atoms with E-state index in [1.54, 1.807) is 17.3 Å². The van der Waals surface area contributed by atoms with Crippen LogP contribution in [0.15, 0.2) is 12.4 Å². The molecule has 0 aromatic carbocycles. The molecular weight excluding hydrogens is 366 g/mol. The van der Waals surface area contributed by atoms with Crippen molar-refractivity contribution < 1.29 is 9.59 Å². The van der Waals surface area contributed by atoms with E-state index in [9.17, 15) is 9.59 Å². The summed E-state index contributed by atoms with van der Waals surface area (Å²) < 4.78 is 0. The van der Waals surface area contributed by atoms with Crippen LogP contribution in [0.3, 0.4) is 0 Å². The normalized spacial score (nSPS) is 15.4. The zero-order chi connectivity index (χ0) is 21.8. The fraction of sp³-hybridized carbons (Fsp3) is 0.727. The average molecular weight is 404 g/mol. The van der Waals surface area contributed by atoms with Gasteiger partial charge in [0.1, 0.15) is 11.5 Å². The van der Waals surface area contributed by atoms with E-state index < -0.39 is 0 Å². The molecule has 0 aliphatic carbocycles. The van der Waals surface area contributed by atoms with Crippen LogP contribution in [0.1, 0.15) is 64.9 Å². The third-order valence-corrected chi connectivity index (χ3v) is 5.82. The van der Waals surface area contributed by atoms with Crippen molar-refractivity contribution in [2.45, 2.75) is 54.4 Å². The molecular formula is C22H37N5O2. The summed E-state index contributed by atoms with van der Waals surface area (Å²) >= 11 is 0. The second-order valence-corrected chi connectivity index (χ2v) is 9.78. The number of carbonyl (C=O) groups excluding carboxylic acids is 2. The lowest BCUT2D eigenvalue weighted by Crippen LogP contribution is -2.51. The molecule has 1 aliphatic rings. The topological polar surface area (TPSA) is 69.6 Å². The van der Waals surface area contributed by atoms with Crippen molar-refractivity contribution in [2.24, 2.45) is 10.8 Å². The quantitative estimate of drug-likeness (QED) is 0.730. The largest absolute Gasteiger partial charge is 0.352 e. The number of aromatic nitrogens is 2. The molecule has 1 aromatic rings. The first-order valence-corrected chi connectivity index (χ1v) is 10.6. The Morgan fingerprint density at radius 1 is 1.03 bits per heavy atom. The van der Waals surface area contributed by atoms with E-state index in [0.717, 1.165) is 31.7 Å². The van der Waals surface area contributed by atoms with Crippen molar-refractivity contribution >= 4 is 17.6 Å². The van der Waals surface area contributed by atoms with E-state index in [2.05, 4.69) is 35.6 Å². The summed E-state index contributed by atoms with van der Waals surface area (Å²) in [7, 11) is 1.81. The maximum Gasteiger partial charge on any atom is 0.273 e. The Labute approximate surface area is 175 Å². The summed E-state index contributed by atoms with van der Waals surface area (Å²) in [5.41, 5.74) is 0.232. The summed E-state index contributed by atoms with van der Waals surface area (Å²) in [6.45, 7) is 15.9. The molecule has 0 N–H and O–H groups in total. The van der Waals surface area contributed by atoms with Crippen LogP contribution < -0.4 is 4.90 Å². The van der Waals surface area contributed by atoms with Gasteiger partial charge in [0.15, 0.2) is 0 Å². The molecule has 29 heavy (non-hydrogen) atoms. The number of anilines is 1. The van der Waals surface area contributed by atoms with Crippen molar-refractivity contribution in [2.75, 3.05) is 44.7 Å². The Morgan fingerprint density at radius 3 is 2.14 bits per heavy atom. The fourth-order valence-electron chi connectivity index (χ4n) is 3.15. The molecule has 0 bridgehead atoms. The molecule has 1 aliphatic heterocycles. The van der Waals surface area contributed by atoms with Gasteiger partial charge in [-0.2, -0.15) is 0 Å². The molecule has 2 rings (SSSR count). The first-order chi connectivity index (χ1) is 13.4. The molecule has 0 saturated carbocycles. The Kier molecular flexibility index (Phi) is 7.25. The summed E-state index contributed by atoms with van der Waals surface area (Å²) in [6, 6.07) is 0. The predicted molar refractivity (Wildman–Crippen MR) is 116 cm³/mol. The smallest absolute Gasteiger partial charge is 0.273 e. The number of carbonyl (C=O) groups is 2. The minimum Gasteiger partial charge on any atom is -0.352 e. The van der Waals surface area contributed by atoms with E-state index in [4.69, 9.17) is 0 Å². The first kappa shape index (κ1) is 23.1. The van der Waals surface area contributed by atoms with Gasteiger partial charge < -0.3 is 14.7 Å². The Bertz CT molecular complexity index is 701. The van der Waals surface area contributed by atoms with Gasteiger partial charge >= 0.3 is 0 Å². The molecule has 2 amide bonds. The van der Waals surface area contributed by atoms with Crippen LogP contribution in [0.25, 0.3) is 0 Å². The highest BCUT2D eigenvalue weighted by Crippen LogP contribution is 2.24. The van der Waals surface area contributed by atoms with Crippen molar-refractivity contribution in [1.29, 1.82) is 0 Å². The highest BCUT2D eigenvalue weighted by molar-refractivity contribution is 5.91. The highest BCUT2D eigenvalue weighted by atomic mass is 16.2. The molecule has 1 aromatic heterocycles. The maximum atomic E-state index is 12.6. The number of hydrogen-bond donors (Lipinski definition) is 0. The number of piperazine rings is 1. The molecule has 162 valence electrons. The molecule has 0 radical (unpaired) electrons. The third kappa shape index (κ3) is 6.15. The predicted octanol–water partition coefficient (Wildman–Crippen LogP) is 3.07. The monoisotopic (exact) mass is 403 g/mol. The lowest BCUT2D eigenvalue weighted by Gasteiger charge is -2.38. The van der Waals surface area contributed by atoms with Gasteiger partial charge in [0.05, 0.1) is 12.4 Å². The van der Waals surface area contributed by atoms with Crippen molar-refractivity contribution in [3.8, 4) is 0 Å². The van der Waals surface area contributed by atoms with Gasteiger partial charge in [0.25, 0.3) is 5.91 Å². The third-order valence-electron chi connectivity index (χ3n) is 5.82. The molecule has 7 nitrogen and oxygen atoms in total. The molecule has 7 heteroatoms. The number of nitrogens with zero attached hydrogens (tertiary/aromatic N) is 5. The van der Waals surface area contributed by atoms with E-state index in [-0.39, 0.29) is 22.6 Å². The molecule has 0 atom stereocenters. The molecule has 2 heterocycles. The van der Waals surface area contributed by atoms with Crippen molar-refractivity contribution in [3.63, 3.8) is 0 Å². The van der Waals surface area contributed by atoms with Gasteiger partial charge in [-0.3, -0.25) is 9.59 Å². The van der Waals surface area contributed by atoms with Crippen LogP contribution in [-0.2, 0) is 4.79 Å². The van der Waals surface area contributed by atoms with Crippen LogP contribution >= 0.6 is 0 Å². The minimum absolute atomic E-state index is 0.100. The van der Waals surface area contributed by atoms with Gasteiger partial charge in [-0.25, -0.2) is 9.97 Å². The van der Waals surface area contributed by atoms with Crippen LogP contribution in [0.2, 0.25) is 0 Å². The van der Waals surface area contributed by atoms with Crippen molar-refractivity contribution in [1.82, 2.24) is 19.8 Å². The number of rotatable bonds is 6. The van der Waals surface area contributed by atoms with Gasteiger partial charge in [-0.1, -0.05) is 48.0 Å². The summed E-state index contributed by atoms with van der Waals surface area (Å²) in [6.07, 6.45) is 5.26. The van der Waals surface area contributed by atoms with E-state index in [1.807, 2.05) is 32.7 Å². The Balaban J connectivity index is 1.92. The lowest BCUT2D eigenvalue weighted by atomic mass is 9.86. The highest BCUT2D eigenvalue weighted by Gasteiger charge is 2.30. The fourth-order valence-corrected chi connectivity index (χ4v) is 3.15. The molecule has 1 saturated heterocycles. The number of hydrogen-bond acceptors (Lipinski definition) is 5. The van der Waals surface area contributed by atoms with Crippen LogP contribution in [0.4, 0.5) is 5.82 Å². The zero-order valence-corrected chi connectivity index (χ0v) is 19.2. The SMILES string of the molecule is CCC(C)(C)CCN(C)C(=O)c1cnc(N2CCN(C(=O)C(C)(C)C)CC2)cn1. The van der Waals surface area contributed by atoms with Gasteiger partial charge in [-0.15, -0.1) is 0 Å². The van der Waals surface area contributed by atoms with E-state index in [0.29, 0.717) is 25.3 Å². The number of amides is 2. The standard InChI is InChI=1S/C22H37N5O2/c1-8-22(5,6)9-10-25(7)19(28)17-15-24-18(16-23-17)26-11-13-27(14-12-26)20(29)21(2,3)4/h15-16H,8-14H2,1-7H3. The van der Waals surface area contributed by atoms with Crippen molar-refractivity contribution in [3.05, 3.63) is 18.1 Å². The zero-order valence-electron chi connectivity index (χ0n) is 19.2. The second-order valence-electron chi connectivity index (χ2n) is 9.78. The molecule has 1 fully saturated rings. The summed E-state index contributed by atoms with van der Waals surface area (Å²) in [5.74, 6) is 0.828. The maximum absolute atomic E-state index is 12.6.